The molecule has 0 heterocycles. The van der Waals surface area contributed by atoms with Gasteiger partial charge in [-0.05, 0) is 68.1 Å². The van der Waals surface area contributed by atoms with Crippen molar-refractivity contribution in [2.24, 2.45) is 28.9 Å². The summed E-state index contributed by atoms with van der Waals surface area (Å²) in [7, 11) is 0. The summed E-state index contributed by atoms with van der Waals surface area (Å²) >= 11 is 0. The number of hydrogen-bond donors (Lipinski definition) is 2. The SMILES string of the molecule is CCCC(N)CC(=O)NCC12CC3CC(CC(C3)C1)C2. The summed E-state index contributed by atoms with van der Waals surface area (Å²) in [6.45, 7) is 3.03. The van der Waals surface area contributed by atoms with E-state index < -0.39 is 0 Å². The Kier molecular flexibility index (Phi) is 4.07. The van der Waals surface area contributed by atoms with E-state index in [1.165, 1.54) is 38.5 Å². The summed E-state index contributed by atoms with van der Waals surface area (Å²) in [6.07, 6.45) is 11.0. The summed E-state index contributed by atoms with van der Waals surface area (Å²) in [5, 5.41) is 3.21. The van der Waals surface area contributed by atoms with Crippen molar-refractivity contribution in [3.8, 4) is 0 Å². The zero-order valence-electron chi connectivity index (χ0n) is 12.9. The Morgan fingerprint density at radius 3 is 2.25 bits per heavy atom. The molecule has 0 aromatic rings. The molecule has 4 aliphatic rings. The summed E-state index contributed by atoms with van der Waals surface area (Å²) in [4.78, 5) is 12.0. The van der Waals surface area contributed by atoms with Crippen LogP contribution in [-0.4, -0.2) is 18.5 Å². The lowest BCUT2D eigenvalue weighted by Gasteiger charge is -2.56. The van der Waals surface area contributed by atoms with E-state index in [1.54, 1.807) is 0 Å². The lowest BCUT2D eigenvalue weighted by molar-refractivity contribution is -0.123. The van der Waals surface area contributed by atoms with Gasteiger partial charge >= 0.3 is 0 Å². The normalized spacial score (nSPS) is 39.8. The molecule has 0 aromatic heterocycles. The number of rotatable bonds is 6. The van der Waals surface area contributed by atoms with Gasteiger partial charge in [0.15, 0.2) is 0 Å². The van der Waals surface area contributed by atoms with Crippen molar-refractivity contribution in [1.29, 1.82) is 0 Å². The number of carbonyl (C=O) groups is 1. The van der Waals surface area contributed by atoms with E-state index in [0.29, 0.717) is 11.8 Å². The van der Waals surface area contributed by atoms with E-state index in [1.807, 2.05) is 0 Å². The molecule has 0 aliphatic heterocycles. The van der Waals surface area contributed by atoms with E-state index in [-0.39, 0.29) is 11.9 Å². The Morgan fingerprint density at radius 2 is 1.75 bits per heavy atom. The molecule has 4 rings (SSSR count). The first-order valence-corrected chi connectivity index (χ1v) is 8.61. The Morgan fingerprint density at radius 1 is 1.20 bits per heavy atom. The molecule has 4 fully saturated rings. The summed E-state index contributed by atoms with van der Waals surface area (Å²) in [5.41, 5.74) is 6.40. The average molecular weight is 278 g/mol. The van der Waals surface area contributed by atoms with Gasteiger partial charge in [-0.3, -0.25) is 4.79 Å². The number of carbonyl (C=O) groups excluding carboxylic acids is 1. The second-order valence-corrected chi connectivity index (χ2v) is 7.95. The second-order valence-electron chi connectivity index (χ2n) is 7.95. The van der Waals surface area contributed by atoms with Crippen LogP contribution in [0.25, 0.3) is 0 Å². The van der Waals surface area contributed by atoms with Gasteiger partial charge in [-0.15, -0.1) is 0 Å². The molecule has 0 spiro atoms. The second kappa shape index (κ2) is 5.67. The van der Waals surface area contributed by atoms with Crippen molar-refractivity contribution in [1.82, 2.24) is 5.32 Å². The van der Waals surface area contributed by atoms with Crippen molar-refractivity contribution in [3.63, 3.8) is 0 Å². The van der Waals surface area contributed by atoms with Crippen LogP contribution in [0.15, 0.2) is 0 Å². The van der Waals surface area contributed by atoms with Gasteiger partial charge in [0.05, 0.1) is 0 Å². The van der Waals surface area contributed by atoms with Gasteiger partial charge in [-0.25, -0.2) is 0 Å². The molecule has 0 aromatic carbocycles. The Hall–Kier alpha value is -0.570. The maximum absolute atomic E-state index is 12.0. The minimum absolute atomic E-state index is 0.0383. The number of nitrogens with one attached hydrogen (secondary N) is 1. The molecule has 1 amide bonds. The molecule has 4 bridgehead atoms. The van der Waals surface area contributed by atoms with Crippen LogP contribution in [0.2, 0.25) is 0 Å². The van der Waals surface area contributed by atoms with E-state index in [2.05, 4.69) is 12.2 Å². The maximum Gasteiger partial charge on any atom is 0.221 e. The van der Waals surface area contributed by atoms with Crippen LogP contribution in [0.3, 0.4) is 0 Å². The molecule has 3 N–H and O–H groups in total. The minimum Gasteiger partial charge on any atom is -0.355 e. The van der Waals surface area contributed by atoms with Gasteiger partial charge in [0.25, 0.3) is 0 Å². The quantitative estimate of drug-likeness (QED) is 0.785. The van der Waals surface area contributed by atoms with Crippen molar-refractivity contribution in [3.05, 3.63) is 0 Å². The third-order valence-electron chi connectivity index (χ3n) is 5.93. The molecule has 4 saturated carbocycles. The van der Waals surface area contributed by atoms with Crippen LogP contribution < -0.4 is 11.1 Å². The number of amides is 1. The highest BCUT2D eigenvalue weighted by atomic mass is 16.1. The van der Waals surface area contributed by atoms with Gasteiger partial charge in [0, 0.05) is 19.0 Å². The number of hydrogen-bond acceptors (Lipinski definition) is 2. The molecule has 0 saturated heterocycles. The highest BCUT2D eigenvalue weighted by Crippen LogP contribution is 2.59. The van der Waals surface area contributed by atoms with Gasteiger partial charge in [-0.2, -0.15) is 0 Å². The maximum atomic E-state index is 12.0. The predicted molar refractivity (Wildman–Crippen MR) is 81.1 cm³/mol. The van der Waals surface area contributed by atoms with Crippen LogP contribution in [0.5, 0.6) is 0 Å². The molecule has 1 atom stereocenters. The fourth-order valence-electron chi connectivity index (χ4n) is 5.58. The van der Waals surface area contributed by atoms with Crippen LogP contribution in [0.1, 0.15) is 64.7 Å². The largest absolute Gasteiger partial charge is 0.355 e. The molecule has 3 nitrogen and oxygen atoms in total. The highest BCUT2D eigenvalue weighted by molar-refractivity contribution is 5.76. The minimum atomic E-state index is 0.0383. The third-order valence-corrected chi connectivity index (χ3v) is 5.93. The van der Waals surface area contributed by atoms with Gasteiger partial charge in [-0.1, -0.05) is 13.3 Å². The molecule has 1 unspecified atom stereocenters. The van der Waals surface area contributed by atoms with Crippen molar-refractivity contribution in [2.45, 2.75) is 70.8 Å². The van der Waals surface area contributed by atoms with Crippen LogP contribution in [0, 0.1) is 23.2 Å². The van der Waals surface area contributed by atoms with Crippen molar-refractivity contribution in [2.75, 3.05) is 6.54 Å². The zero-order chi connectivity index (χ0) is 14.2. The third kappa shape index (κ3) is 3.03. The van der Waals surface area contributed by atoms with Crippen molar-refractivity contribution < 1.29 is 4.79 Å². The van der Waals surface area contributed by atoms with Gasteiger partial charge < -0.3 is 11.1 Å². The number of nitrogens with two attached hydrogens (primary N) is 1. The Bertz CT molecular complexity index is 331. The monoisotopic (exact) mass is 278 g/mol. The Balaban J connectivity index is 1.49. The van der Waals surface area contributed by atoms with Crippen LogP contribution in [-0.2, 0) is 4.79 Å². The first-order valence-electron chi connectivity index (χ1n) is 8.61. The van der Waals surface area contributed by atoms with Gasteiger partial charge in [0.2, 0.25) is 5.91 Å². The lowest BCUT2D eigenvalue weighted by Crippen LogP contribution is -2.51. The van der Waals surface area contributed by atoms with Crippen LogP contribution >= 0.6 is 0 Å². The molecular formula is C17H30N2O. The summed E-state index contributed by atoms with van der Waals surface area (Å²) in [5.74, 6) is 3.04. The zero-order valence-corrected chi connectivity index (χ0v) is 12.9. The standard InChI is InChI=1S/C17H30N2O/c1-2-3-15(18)7-16(20)19-11-17-8-12-4-13(9-17)6-14(5-12)10-17/h12-15H,2-11,18H2,1H3,(H,19,20). The molecule has 20 heavy (non-hydrogen) atoms. The highest BCUT2D eigenvalue weighted by Gasteiger charge is 2.50. The molecule has 3 heteroatoms. The van der Waals surface area contributed by atoms with Gasteiger partial charge in [0.1, 0.15) is 0 Å². The fraction of sp³-hybridized carbons (Fsp3) is 0.941. The predicted octanol–water partition coefficient (Wildman–Crippen LogP) is 2.84. The lowest BCUT2D eigenvalue weighted by atomic mass is 9.49. The van der Waals surface area contributed by atoms with Crippen LogP contribution in [0.4, 0.5) is 0 Å². The topological polar surface area (TPSA) is 55.1 Å². The molecular weight excluding hydrogens is 248 g/mol. The van der Waals surface area contributed by atoms with E-state index in [0.717, 1.165) is 37.1 Å². The first kappa shape index (κ1) is 14.4. The van der Waals surface area contributed by atoms with Crippen molar-refractivity contribution >= 4 is 5.91 Å². The summed E-state index contributed by atoms with van der Waals surface area (Å²) < 4.78 is 0. The molecule has 114 valence electrons. The first-order chi connectivity index (χ1) is 9.58. The smallest absolute Gasteiger partial charge is 0.221 e. The summed E-state index contributed by atoms with van der Waals surface area (Å²) in [6, 6.07) is 0.0383. The fourth-order valence-corrected chi connectivity index (χ4v) is 5.58. The Labute approximate surface area is 123 Å². The van der Waals surface area contributed by atoms with E-state index in [9.17, 15) is 4.79 Å². The molecule has 0 radical (unpaired) electrons. The van der Waals surface area contributed by atoms with E-state index in [4.69, 9.17) is 5.73 Å². The average Bonchev–Trinajstić information content (AvgIpc) is 2.35. The molecule has 4 aliphatic carbocycles. The van der Waals surface area contributed by atoms with E-state index >= 15 is 0 Å².